The second-order valence-corrected chi connectivity index (χ2v) is 9.81. The number of piperidine rings is 1. The van der Waals surface area contributed by atoms with Gasteiger partial charge in [0.2, 0.25) is 0 Å². The number of benzene rings is 2. The average molecular weight is 518 g/mol. The summed E-state index contributed by atoms with van der Waals surface area (Å²) < 4.78 is 6.56. The number of amides is 2. The van der Waals surface area contributed by atoms with E-state index in [4.69, 9.17) is 4.74 Å². The number of nitrogens with zero attached hydrogens (tertiary/aromatic N) is 4. The summed E-state index contributed by atoms with van der Waals surface area (Å²) in [4.78, 5) is 45.4. The minimum atomic E-state index is -1.18. The fourth-order valence-corrected chi connectivity index (χ4v) is 4.92. The van der Waals surface area contributed by atoms with Gasteiger partial charge in [-0.3, -0.25) is 9.36 Å². The van der Waals surface area contributed by atoms with E-state index in [1.165, 1.54) is 26.8 Å². The number of aromatic nitrogens is 2. The summed E-state index contributed by atoms with van der Waals surface area (Å²) in [6, 6.07) is 20.6. The van der Waals surface area contributed by atoms with Gasteiger partial charge in [-0.15, -0.1) is 0 Å². The summed E-state index contributed by atoms with van der Waals surface area (Å²) in [6.45, 7) is 1.93. The van der Waals surface area contributed by atoms with Crippen LogP contribution in [0.3, 0.4) is 0 Å². The van der Waals surface area contributed by atoms with E-state index in [2.05, 4.69) is 10.3 Å². The van der Waals surface area contributed by atoms with Crippen LogP contribution in [-0.4, -0.2) is 75.0 Å². The molecular formula is C28H31N5O5. The number of carbonyl (C=O) groups excluding carboxylic acids is 2. The summed E-state index contributed by atoms with van der Waals surface area (Å²) in [5, 5.41) is 14.5. The van der Waals surface area contributed by atoms with Crippen LogP contribution >= 0.6 is 0 Å². The smallest absolute Gasteiger partial charge is 0.388 e. The van der Waals surface area contributed by atoms with Crippen LogP contribution in [0.25, 0.3) is 11.3 Å². The predicted molar refractivity (Wildman–Crippen MR) is 140 cm³/mol. The number of hydrogen-bond donors (Lipinski definition) is 2. The number of ether oxygens (including phenoxy) is 1. The second-order valence-electron chi connectivity index (χ2n) is 9.81. The molecule has 3 aromatic rings. The Balaban J connectivity index is 1.13. The molecule has 2 saturated heterocycles. The highest BCUT2D eigenvalue weighted by Crippen LogP contribution is 2.25. The van der Waals surface area contributed by atoms with Crippen LogP contribution in [-0.2, 0) is 11.3 Å². The van der Waals surface area contributed by atoms with Gasteiger partial charge in [-0.25, -0.2) is 14.6 Å². The minimum absolute atomic E-state index is 0.0303. The molecule has 1 unspecified atom stereocenters. The SMILES string of the molecule is O=C(OC(=O)N1CCNC(c2ccccc2)C1)N1CCC(O)(Cn2cnc(-c3ccccc3)cc2=O)CC1. The van der Waals surface area contributed by atoms with E-state index in [1.54, 1.807) is 0 Å². The molecule has 0 saturated carbocycles. The molecule has 2 aromatic carbocycles. The van der Waals surface area contributed by atoms with Crippen molar-refractivity contribution in [1.82, 2.24) is 24.7 Å². The molecule has 2 aliphatic rings. The maximum absolute atomic E-state index is 12.7. The molecule has 5 rings (SSSR count). The van der Waals surface area contributed by atoms with Crippen molar-refractivity contribution in [2.24, 2.45) is 0 Å². The lowest BCUT2D eigenvalue weighted by Gasteiger charge is -2.38. The standard InChI is InChI=1S/C28H31N5O5/c34-25-17-23(21-7-3-1-4-8-21)30-20-33(25)19-28(37)11-14-31(15-12-28)26(35)38-27(36)32-16-13-29-24(18-32)22-9-5-2-6-10-22/h1-10,17,20,24,29,37H,11-16,18-19H2. The molecule has 198 valence electrons. The van der Waals surface area contributed by atoms with Crippen molar-refractivity contribution < 1.29 is 19.4 Å². The number of rotatable bonds is 4. The largest absolute Gasteiger partial charge is 0.418 e. The number of aliphatic hydroxyl groups is 1. The maximum atomic E-state index is 12.7. The van der Waals surface area contributed by atoms with Crippen LogP contribution in [0.2, 0.25) is 0 Å². The zero-order chi connectivity index (χ0) is 26.5. The molecule has 10 heteroatoms. The van der Waals surface area contributed by atoms with Crippen molar-refractivity contribution in [2.75, 3.05) is 32.7 Å². The van der Waals surface area contributed by atoms with Gasteiger partial charge >= 0.3 is 12.2 Å². The Morgan fingerprint density at radius 1 is 0.974 bits per heavy atom. The van der Waals surface area contributed by atoms with Gasteiger partial charge in [-0.05, 0) is 18.4 Å². The third kappa shape index (κ3) is 5.92. The number of hydrogen-bond acceptors (Lipinski definition) is 7. The first-order chi connectivity index (χ1) is 18.4. The van der Waals surface area contributed by atoms with Crippen LogP contribution in [0.5, 0.6) is 0 Å². The van der Waals surface area contributed by atoms with Crippen molar-refractivity contribution in [3.8, 4) is 11.3 Å². The minimum Gasteiger partial charge on any atom is -0.388 e. The number of piperazine rings is 1. The molecule has 3 heterocycles. The summed E-state index contributed by atoms with van der Waals surface area (Å²) >= 11 is 0. The van der Waals surface area contributed by atoms with E-state index in [1.807, 2.05) is 60.7 Å². The fraction of sp³-hybridized carbons (Fsp3) is 0.357. The van der Waals surface area contributed by atoms with Crippen LogP contribution in [0.1, 0.15) is 24.4 Å². The van der Waals surface area contributed by atoms with Crippen molar-refractivity contribution >= 4 is 12.2 Å². The van der Waals surface area contributed by atoms with Crippen LogP contribution in [0.15, 0.2) is 77.9 Å². The molecule has 2 N–H and O–H groups in total. The van der Waals surface area contributed by atoms with Crippen LogP contribution in [0, 0.1) is 0 Å². The third-order valence-corrected chi connectivity index (χ3v) is 7.18. The average Bonchev–Trinajstić information content (AvgIpc) is 2.95. The van der Waals surface area contributed by atoms with Gasteiger partial charge in [0.1, 0.15) is 0 Å². The second kappa shape index (κ2) is 11.2. The number of carbonyl (C=O) groups is 2. The zero-order valence-corrected chi connectivity index (χ0v) is 21.0. The fourth-order valence-electron chi connectivity index (χ4n) is 4.92. The van der Waals surface area contributed by atoms with Crippen molar-refractivity contribution in [3.63, 3.8) is 0 Å². The molecule has 1 aromatic heterocycles. The summed E-state index contributed by atoms with van der Waals surface area (Å²) in [5.41, 5.74) is 1.04. The van der Waals surface area contributed by atoms with Crippen molar-refractivity contribution in [3.05, 3.63) is 89.0 Å². The van der Waals surface area contributed by atoms with Crippen molar-refractivity contribution in [2.45, 2.75) is 31.0 Å². The highest BCUT2D eigenvalue weighted by atomic mass is 16.6. The van der Waals surface area contributed by atoms with Crippen LogP contribution < -0.4 is 10.9 Å². The molecule has 2 amide bonds. The molecule has 0 aliphatic carbocycles. The Morgan fingerprint density at radius 2 is 1.63 bits per heavy atom. The van der Waals surface area contributed by atoms with Gasteiger partial charge in [0.15, 0.2) is 0 Å². The highest BCUT2D eigenvalue weighted by Gasteiger charge is 2.36. The van der Waals surface area contributed by atoms with E-state index in [0.717, 1.165) is 11.1 Å². The van der Waals surface area contributed by atoms with E-state index in [9.17, 15) is 19.5 Å². The maximum Gasteiger partial charge on any atom is 0.418 e. The molecule has 10 nitrogen and oxygen atoms in total. The first-order valence-electron chi connectivity index (χ1n) is 12.8. The van der Waals surface area contributed by atoms with E-state index < -0.39 is 17.8 Å². The summed E-state index contributed by atoms with van der Waals surface area (Å²) in [6.07, 6.45) is 0.532. The molecule has 2 aliphatic heterocycles. The van der Waals surface area contributed by atoms with Gasteiger partial charge < -0.3 is 25.0 Å². The first kappa shape index (κ1) is 25.6. The predicted octanol–water partition coefficient (Wildman–Crippen LogP) is 2.64. The molecule has 1 atom stereocenters. The van der Waals surface area contributed by atoms with Crippen molar-refractivity contribution in [1.29, 1.82) is 0 Å². The van der Waals surface area contributed by atoms with Crippen LogP contribution in [0.4, 0.5) is 9.59 Å². The monoisotopic (exact) mass is 517 g/mol. The quantitative estimate of drug-likeness (QED) is 0.511. The zero-order valence-electron chi connectivity index (χ0n) is 21.0. The van der Waals surface area contributed by atoms with E-state index >= 15 is 0 Å². The van der Waals surface area contributed by atoms with Gasteiger partial charge in [0.05, 0.1) is 30.2 Å². The molecular weight excluding hydrogens is 486 g/mol. The van der Waals surface area contributed by atoms with E-state index in [-0.39, 0.29) is 44.1 Å². The molecule has 0 radical (unpaired) electrons. The lowest BCUT2D eigenvalue weighted by Crippen LogP contribution is -2.52. The molecule has 38 heavy (non-hydrogen) atoms. The Bertz CT molecular complexity index is 1320. The molecule has 0 spiro atoms. The van der Waals surface area contributed by atoms with Gasteiger partial charge in [-0.1, -0.05) is 60.7 Å². The Kier molecular flexibility index (Phi) is 7.52. The number of nitrogens with one attached hydrogen (secondary N) is 1. The number of likely N-dealkylation sites (tertiary alicyclic amines) is 1. The summed E-state index contributed by atoms with van der Waals surface area (Å²) in [5.74, 6) is 0. The first-order valence-corrected chi connectivity index (χ1v) is 12.8. The Labute approximate surface area is 220 Å². The lowest BCUT2D eigenvalue weighted by atomic mass is 9.91. The highest BCUT2D eigenvalue weighted by molar-refractivity contribution is 5.83. The van der Waals surface area contributed by atoms with Gasteiger partial charge in [0, 0.05) is 44.4 Å². The Hall–Kier alpha value is -4.02. The summed E-state index contributed by atoms with van der Waals surface area (Å²) in [7, 11) is 0. The molecule has 2 fully saturated rings. The van der Waals surface area contributed by atoms with E-state index in [0.29, 0.717) is 25.3 Å². The lowest BCUT2D eigenvalue weighted by molar-refractivity contribution is -0.0317. The van der Waals surface area contributed by atoms with Gasteiger partial charge in [-0.2, -0.15) is 0 Å². The topological polar surface area (TPSA) is 117 Å². The Morgan fingerprint density at radius 3 is 2.32 bits per heavy atom. The van der Waals surface area contributed by atoms with Gasteiger partial charge in [0.25, 0.3) is 5.56 Å². The third-order valence-electron chi connectivity index (χ3n) is 7.18. The molecule has 0 bridgehead atoms. The normalized spacial score (nSPS) is 19.1.